The summed E-state index contributed by atoms with van der Waals surface area (Å²) in [4.78, 5) is 26.9. The number of benzene rings is 1. The van der Waals surface area contributed by atoms with E-state index in [1.165, 1.54) is 0 Å². The lowest BCUT2D eigenvalue weighted by molar-refractivity contribution is -0.133. The summed E-state index contributed by atoms with van der Waals surface area (Å²) >= 11 is 0. The maximum absolute atomic E-state index is 12.8. The maximum Gasteiger partial charge on any atom is 0.255 e. The van der Waals surface area contributed by atoms with E-state index in [-0.39, 0.29) is 17.5 Å². The lowest BCUT2D eigenvalue weighted by atomic mass is 10.0. The van der Waals surface area contributed by atoms with Crippen LogP contribution in [0.1, 0.15) is 25.3 Å². The minimum absolute atomic E-state index is 0.0434. The second-order valence-electron chi connectivity index (χ2n) is 8.03. The molecule has 160 valence electrons. The number of rotatable bonds is 5. The Bertz CT molecular complexity index is 1180. The normalized spacial score (nSPS) is 18.5. The van der Waals surface area contributed by atoms with Crippen LogP contribution in [0.3, 0.4) is 0 Å². The van der Waals surface area contributed by atoms with Gasteiger partial charge in [0, 0.05) is 73.5 Å². The Labute approximate surface area is 180 Å². The SMILES string of the molecule is O=C(CCN1C=CNN1)N1CCCC(n2ccc3cc(-n4ccccc4=O)ccc32)C1. The number of piperidine rings is 1. The highest BCUT2D eigenvalue weighted by molar-refractivity contribution is 5.82. The summed E-state index contributed by atoms with van der Waals surface area (Å²) in [5.41, 5.74) is 7.79. The summed E-state index contributed by atoms with van der Waals surface area (Å²) < 4.78 is 3.93. The molecule has 1 fully saturated rings. The first-order valence-electron chi connectivity index (χ1n) is 10.7. The fourth-order valence-corrected chi connectivity index (χ4v) is 4.46. The zero-order valence-corrected chi connectivity index (χ0v) is 17.3. The number of carbonyl (C=O) groups excluding carboxylic acids is 1. The molecule has 0 spiro atoms. The van der Waals surface area contributed by atoms with Gasteiger partial charge in [0.2, 0.25) is 5.91 Å². The molecule has 5 rings (SSSR count). The van der Waals surface area contributed by atoms with E-state index in [0.717, 1.165) is 42.5 Å². The molecular formula is C23H26N6O2. The van der Waals surface area contributed by atoms with Crippen LogP contribution >= 0.6 is 0 Å². The first kappa shape index (κ1) is 19.4. The van der Waals surface area contributed by atoms with E-state index < -0.39 is 0 Å². The fourth-order valence-electron chi connectivity index (χ4n) is 4.46. The van der Waals surface area contributed by atoms with Crippen molar-refractivity contribution < 1.29 is 4.79 Å². The Kier molecular flexibility index (Phi) is 5.21. The third kappa shape index (κ3) is 3.94. The van der Waals surface area contributed by atoms with Crippen molar-refractivity contribution in [1.82, 2.24) is 30.0 Å². The van der Waals surface area contributed by atoms with Crippen molar-refractivity contribution in [3.8, 4) is 5.69 Å². The van der Waals surface area contributed by atoms with Crippen LogP contribution in [0, 0.1) is 0 Å². The van der Waals surface area contributed by atoms with E-state index in [1.54, 1.807) is 29.1 Å². The van der Waals surface area contributed by atoms with Crippen molar-refractivity contribution in [3.05, 3.63) is 77.6 Å². The quantitative estimate of drug-likeness (QED) is 0.664. The van der Waals surface area contributed by atoms with Gasteiger partial charge in [-0.1, -0.05) is 6.07 Å². The Morgan fingerprint density at radius 2 is 2.06 bits per heavy atom. The second kappa shape index (κ2) is 8.31. The molecule has 2 aliphatic heterocycles. The van der Waals surface area contributed by atoms with Gasteiger partial charge < -0.3 is 14.9 Å². The van der Waals surface area contributed by atoms with Gasteiger partial charge in [-0.05, 0) is 43.2 Å². The van der Waals surface area contributed by atoms with E-state index in [1.807, 2.05) is 34.3 Å². The molecule has 2 N–H and O–H groups in total. The topological polar surface area (TPSA) is 74.5 Å². The summed E-state index contributed by atoms with van der Waals surface area (Å²) in [6, 6.07) is 13.6. The van der Waals surface area contributed by atoms with Crippen molar-refractivity contribution in [3.63, 3.8) is 0 Å². The van der Waals surface area contributed by atoms with E-state index in [0.29, 0.717) is 13.0 Å². The van der Waals surface area contributed by atoms with Gasteiger partial charge in [-0.3, -0.25) is 19.2 Å². The highest BCUT2D eigenvalue weighted by Crippen LogP contribution is 2.28. The summed E-state index contributed by atoms with van der Waals surface area (Å²) in [6.45, 7) is 2.18. The Morgan fingerprint density at radius 3 is 2.90 bits per heavy atom. The number of carbonyl (C=O) groups is 1. The van der Waals surface area contributed by atoms with Crippen LogP contribution in [0.15, 0.2) is 72.1 Å². The zero-order valence-electron chi connectivity index (χ0n) is 17.3. The standard InChI is InChI=1S/C23H26N6O2/c30-22(9-13-27-15-10-24-25-27)26-11-3-4-20(17-26)28-14-8-18-16-19(6-7-21(18)28)29-12-2-1-5-23(29)31/h1-2,5-8,10,12,14-16,20,24-25H,3-4,9,11,13,17H2. The highest BCUT2D eigenvalue weighted by Gasteiger charge is 2.25. The molecule has 0 bridgehead atoms. The smallest absolute Gasteiger partial charge is 0.255 e. The molecule has 2 aromatic heterocycles. The molecule has 2 aliphatic rings. The van der Waals surface area contributed by atoms with Gasteiger partial charge in [-0.15, -0.1) is 5.53 Å². The third-order valence-corrected chi connectivity index (χ3v) is 6.06. The van der Waals surface area contributed by atoms with E-state index >= 15 is 0 Å². The molecule has 8 heteroatoms. The summed E-state index contributed by atoms with van der Waals surface area (Å²) in [5, 5.41) is 2.96. The number of likely N-dealkylation sites (tertiary alicyclic amines) is 1. The van der Waals surface area contributed by atoms with Gasteiger partial charge >= 0.3 is 0 Å². The van der Waals surface area contributed by atoms with Crippen LogP contribution in [0.5, 0.6) is 0 Å². The van der Waals surface area contributed by atoms with E-state index in [2.05, 4.69) is 33.9 Å². The van der Waals surface area contributed by atoms with Crippen molar-refractivity contribution in [2.75, 3.05) is 19.6 Å². The molecular weight excluding hydrogens is 392 g/mol. The predicted octanol–water partition coefficient (Wildman–Crippen LogP) is 2.14. The molecule has 8 nitrogen and oxygen atoms in total. The van der Waals surface area contributed by atoms with Crippen molar-refractivity contribution in [2.24, 2.45) is 0 Å². The van der Waals surface area contributed by atoms with Crippen LogP contribution in [-0.4, -0.2) is 44.6 Å². The van der Waals surface area contributed by atoms with Gasteiger partial charge in [-0.2, -0.15) is 0 Å². The molecule has 0 radical (unpaired) electrons. The van der Waals surface area contributed by atoms with Crippen LogP contribution in [0.2, 0.25) is 0 Å². The number of nitrogens with one attached hydrogen (secondary N) is 2. The number of hydrazine groups is 2. The number of nitrogens with zero attached hydrogens (tertiary/aromatic N) is 4. The Hall–Kier alpha value is -3.52. The summed E-state index contributed by atoms with van der Waals surface area (Å²) in [6.07, 6.45) is 10.1. The lowest BCUT2D eigenvalue weighted by Crippen LogP contribution is -2.43. The van der Waals surface area contributed by atoms with E-state index in [9.17, 15) is 9.59 Å². The first-order valence-corrected chi connectivity index (χ1v) is 10.7. The third-order valence-electron chi connectivity index (χ3n) is 6.06. The predicted molar refractivity (Wildman–Crippen MR) is 119 cm³/mol. The molecule has 1 atom stereocenters. The monoisotopic (exact) mass is 418 g/mol. The maximum atomic E-state index is 12.8. The van der Waals surface area contributed by atoms with Gasteiger partial charge in [-0.25, -0.2) is 0 Å². The summed E-state index contributed by atoms with van der Waals surface area (Å²) in [5.74, 6) is 0.189. The van der Waals surface area contributed by atoms with Crippen molar-refractivity contribution in [1.29, 1.82) is 0 Å². The number of amides is 1. The van der Waals surface area contributed by atoms with Gasteiger partial charge in [0.1, 0.15) is 0 Å². The fraction of sp³-hybridized carbons (Fsp3) is 0.304. The van der Waals surface area contributed by atoms with Crippen molar-refractivity contribution in [2.45, 2.75) is 25.3 Å². The van der Waals surface area contributed by atoms with Crippen LogP contribution < -0.4 is 16.5 Å². The number of aromatic nitrogens is 2. The van der Waals surface area contributed by atoms with Gasteiger partial charge in [0.25, 0.3) is 5.56 Å². The largest absolute Gasteiger partial charge is 0.343 e. The number of hydrogen-bond donors (Lipinski definition) is 2. The van der Waals surface area contributed by atoms with E-state index in [4.69, 9.17) is 0 Å². The number of pyridine rings is 1. The van der Waals surface area contributed by atoms with Gasteiger partial charge in [0.15, 0.2) is 0 Å². The molecule has 3 aromatic rings. The number of hydrogen-bond acceptors (Lipinski definition) is 5. The molecule has 0 aliphatic carbocycles. The average Bonchev–Trinajstić information content (AvgIpc) is 3.47. The number of fused-ring (bicyclic) bond motifs is 1. The molecule has 0 saturated carbocycles. The summed E-state index contributed by atoms with van der Waals surface area (Å²) in [7, 11) is 0. The second-order valence-corrected chi connectivity index (χ2v) is 8.03. The minimum atomic E-state index is -0.0434. The first-order chi connectivity index (χ1) is 15.2. The highest BCUT2D eigenvalue weighted by atomic mass is 16.2. The molecule has 1 amide bonds. The minimum Gasteiger partial charge on any atom is -0.343 e. The van der Waals surface area contributed by atoms with Crippen LogP contribution in [0.4, 0.5) is 0 Å². The Balaban J connectivity index is 1.32. The molecule has 1 unspecified atom stereocenters. The zero-order chi connectivity index (χ0) is 21.2. The molecule has 31 heavy (non-hydrogen) atoms. The average molecular weight is 419 g/mol. The van der Waals surface area contributed by atoms with Crippen LogP contribution in [-0.2, 0) is 4.79 Å². The molecule has 1 saturated heterocycles. The molecule has 4 heterocycles. The van der Waals surface area contributed by atoms with Crippen LogP contribution in [0.25, 0.3) is 16.6 Å². The Morgan fingerprint density at radius 1 is 1.13 bits per heavy atom. The van der Waals surface area contributed by atoms with Gasteiger partial charge in [0.05, 0.1) is 6.04 Å². The molecule has 1 aromatic carbocycles. The lowest BCUT2D eigenvalue weighted by Gasteiger charge is -2.34. The van der Waals surface area contributed by atoms with Crippen molar-refractivity contribution >= 4 is 16.8 Å².